The molecule has 0 spiro atoms. The molecule has 4 heteroatoms. The average molecular weight is 290 g/mol. The van der Waals surface area contributed by atoms with Gasteiger partial charge >= 0.3 is 5.97 Å². The predicted molar refractivity (Wildman–Crippen MR) is 86.6 cm³/mol. The predicted octanol–water partition coefficient (Wildman–Crippen LogP) is 3.32. The van der Waals surface area contributed by atoms with Crippen molar-refractivity contribution in [1.29, 1.82) is 0 Å². The van der Waals surface area contributed by atoms with Crippen LogP contribution in [0, 0.1) is 11.8 Å². The van der Waals surface area contributed by atoms with E-state index < -0.39 is 0 Å². The topological polar surface area (TPSA) is 55.6 Å². The molecule has 0 amide bonds. The maximum atomic E-state index is 11.8. The molecule has 2 rings (SSSR count). The minimum atomic E-state index is -0.371. The number of carbonyl (C=O) groups excluding carboxylic acids is 1. The molecule has 0 bridgehead atoms. The van der Waals surface area contributed by atoms with Crippen LogP contribution in [-0.4, -0.2) is 26.2 Å². The molecule has 1 aromatic rings. The molecule has 1 heterocycles. The summed E-state index contributed by atoms with van der Waals surface area (Å²) in [6, 6.07) is 5.60. The highest BCUT2D eigenvalue weighted by Gasteiger charge is 2.22. The van der Waals surface area contributed by atoms with E-state index in [9.17, 15) is 4.79 Å². The Balaban J connectivity index is 2.20. The summed E-state index contributed by atoms with van der Waals surface area (Å²) in [4.78, 5) is 14.1. The number of ether oxygens (including phenoxy) is 1. The van der Waals surface area contributed by atoms with Crippen LogP contribution in [0.15, 0.2) is 18.2 Å². The summed E-state index contributed by atoms with van der Waals surface area (Å²) in [7, 11) is 1.38. The Kier molecular flexibility index (Phi) is 5.10. The quantitative estimate of drug-likeness (QED) is 0.685. The van der Waals surface area contributed by atoms with Gasteiger partial charge in [0.2, 0.25) is 0 Å². The van der Waals surface area contributed by atoms with Crippen molar-refractivity contribution in [1.82, 2.24) is 0 Å². The second kappa shape index (κ2) is 6.83. The third kappa shape index (κ3) is 3.49. The van der Waals surface area contributed by atoms with Crippen molar-refractivity contribution in [3.05, 3.63) is 23.8 Å². The number of carbonyl (C=O) groups is 1. The van der Waals surface area contributed by atoms with Gasteiger partial charge in [0.1, 0.15) is 0 Å². The minimum absolute atomic E-state index is 0.371. The fourth-order valence-electron chi connectivity index (χ4n) is 3.15. The van der Waals surface area contributed by atoms with Crippen molar-refractivity contribution >= 4 is 17.3 Å². The zero-order valence-electron chi connectivity index (χ0n) is 13.3. The molecule has 21 heavy (non-hydrogen) atoms. The van der Waals surface area contributed by atoms with E-state index in [0.29, 0.717) is 11.3 Å². The van der Waals surface area contributed by atoms with E-state index in [-0.39, 0.29) is 5.97 Å². The second-order valence-corrected chi connectivity index (χ2v) is 6.15. The number of esters is 1. The van der Waals surface area contributed by atoms with Crippen molar-refractivity contribution in [2.75, 3.05) is 30.8 Å². The van der Waals surface area contributed by atoms with Crippen LogP contribution >= 0.6 is 0 Å². The van der Waals surface area contributed by atoms with E-state index in [0.717, 1.165) is 30.6 Å². The van der Waals surface area contributed by atoms with Crippen molar-refractivity contribution in [3.63, 3.8) is 0 Å². The molecular weight excluding hydrogens is 264 g/mol. The van der Waals surface area contributed by atoms with Gasteiger partial charge in [-0.05, 0) is 43.2 Å². The number of benzene rings is 1. The minimum Gasteiger partial charge on any atom is -0.465 e. The van der Waals surface area contributed by atoms with Crippen LogP contribution in [0.5, 0.6) is 0 Å². The zero-order valence-corrected chi connectivity index (χ0v) is 13.3. The number of rotatable bonds is 3. The van der Waals surface area contributed by atoms with Crippen LogP contribution in [0.2, 0.25) is 0 Å². The highest BCUT2D eigenvalue weighted by Crippen LogP contribution is 2.31. The molecule has 1 aromatic carbocycles. The summed E-state index contributed by atoms with van der Waals surface area (Å²) in [5.74, 6) is 1.13. The molecule has 0 aliphatic carbocycles. The molecule has 1 aliphatic rings. The van der Waals surface area contributed by atoms with E-state index in [1.807, 2.05) is 12.1 Å². The van der Waals surface area contributed by atoms with Gasteiger partial charge in [0.05, 0.1) is 24.0 Å². The highest BCUT2D eigenvalue weighted by molar-refractivity contribution is 5.98. The lowest BCUT2D eigenvalue weighted by molar-refractivity contribution is 0.0602. The summed E-state index contributed by atoms with van der Waals surface area (Å²) in [6.07, 6.45) is 3.62. The van der Waals surface area contributed by atoms with Gasteiger partial charge in [-0.3, -0.25) is 0 Å². The van der Waals surface area contributed by atoms with E-state index in [1.54, 1.807) is 6.07 Å². The lowest BCUT2D eigenvalue weighted by atomic mass is 9.89. The maximum absolute atomic E-state index is 11.8. The Morgan fingerprint density at radius 1 is 1.33 bits per heavy atom. The van der Waals surface area contributed by atoms with E-state index >= 15 is 0 Å². The lowest BCUT2D eigenvalue weighted by Gasteiger charge is -2.25. The summed E-state index contributed by atoms with van der Waals surface area (Å²) in [5.41, 5.74) is 8.15. The first kappa shape index (κ1) is 15.7. The fraction of sp³-hybridized carbons (Fsp3) is 0.588. The molecule has 1 aliphatic heterocycles. The molecule has 1 saturated heterocycles. The summed E-state index contributed by atoms with van der Waals surface area (Å²) in [6.45, 7) is 6.59. The number of nitrogens with two attached hydrogens (primary N) is 1. The first-order valence-corrected chi connectivity index (χ1v) is 7.76. The van der Waals surface area contributed by atoms with Gasteiger partial charge in [0.25, 0.3) is 0 Å². The molecule has 1 fully saturated rings. The van der Waals surface area contributed by atoms with Gasteiger partial charge < -0.3 is 15.4 Å². The van der Waals surface area contributed by atoms with Crippen LogP contribution in [0.4, 0.5) is 11.4 Å². The number of hydrogen-bond acceptors (Lipinski definition) is 4. The number of nitrogens with zero attached hydrogens (tertiary/aromatic N) is 1. The number of methoxy groups -OCH3 is 1. The third-order valence-electron chi connectivity index (χ3n) is 4.54. The summed E-state index contributed by atoms with van der Waals surface area (Å²) in [5, 5.41) is 0. The third-order valence-corrected chi connectivity index (χ3v) is 4.54. The van der Waals surface area contributed by atoms with Crippen LogP contribution in [0.25, 0.3) is 0 Å². The van der Waals surface area contributed by atoms with Crippen LogP contribution in [0.3, 0.4) is 0 Å². The lowest BCUT2D eigenvalue weighted by Crippen LogP contribution is -2.26. The summed E-state index contributed by atoms with van der Waals surface area (Å²) >= 11 is 0. The first-order chi connectivity index (χ1) is 10.0. The zero-order chi connectivity index (χ0) is 15.4. The van der Waals surface area contributed by atoms with Crippen LogP contribution < -0.4 is 10.6 Å². The maximum Gasteiger partial charge on any atom is 0.340 e. The molecular formula is C17H26N2O2. The normalized spacial score (nSPS) is 19.4. The number of nitrogen functional groups attached to an aromatic ring is 1. The molecule has 1 unspecified atom stereocenters. The van der Waals surface area contributed by atoms with Gasteiger partial charge in [-0.2, -0.15) is 0 Å². The van der Waals surface area contributed by atoms with Crippen molar-refractivity contribution < 1.29 is 9.53 Å². The Bertz CT molecular complexity index is 500. The van der Waals surface area contributed by atoms with Crippen LogP contribution in [0.1, 0.15) is 43.5 Å². The molecule has 0 aromatic heterocycles. The largest absolute Gasteiger partial charge is 0.465 e. The molecule has 1 atom stereocenters. The summed E-state index contributed by atoms with van der Waals surface area (Å²) < 4.78 is 4.80. The number of anilines is 2. The Morgan fingerprint density at radius 3 is 2.76 bits per heavy atom. The highest BCUT2D eigenvalue weighted by atomic mass is 16.5. The van der Waals surface area contributed by atoms with E-state index in [4.69, 9.17) is 10.5 Å². The SMILES string of the molecule is COC(=O)c1cccc(N2CCCC(C(C)C)CC2)c1N. The average Bonchev–Trinajstić information content (AvgIpc) is 2.72. The molecule has 116 valence electrons. The Labute approximate surface area is 127 Å². The smallest absolute Gasteiger partial charge is 0.340 e. The van der Waals surface area contributed by atoms with Gasteiger partial charge in [0.15, 0.2) is 0 Å². The van der Waals surface area contributed by atoms with Crippen LogP contribution in [-0.2, 0) is 4.74 Å². The van der Waals surface area contributed by atoms with Crippen molar-refractivity contribution in [2.45, 2.75) is 33.1 Å². The fourth-order valence-corrected chi connectivity index (χ4v) is 3.15. The second-order valence-electron chi connectivity index (χ2n) is 6.15. The first-order valence-electron chi connectivity index (χ1n) is 7.76. The van der Waals surface area contributed by atoms with Crippen molar-refractivity contribution in [2.24, 2.45) is 11.8 Å². The van der Waals surface area contributed by atoms with Gasteiger partial charge in [-0.25, -0.2) is 4.79 Å². The van der Waals surface area contributed by atoms with Gasteiger partial charge in [-0.15, -0.1) is 0 Å². The van der Waals surface area contributed by atoms with E-state index in [2.05, 4.69) is 18.7 Å². The number of para-hydroxylation sites is 1. The van der Waals surface area contributed by atoms with Crippen molar-refractivity contribution in [3.8, 4) is 0 Å². The molecule has 4 nitrogen and oxygen atoms in total. The molecule has 0 radical (unpaired) electrons. The molecule has 0 saturated carbocycles. The van der Waals surface area contributed by atoms with E-state index in [1.165, 1.54) is 26.4 Å². The Morgan fingerprint density at radius 2 is 2.10 bits per heavy atom. The Hall–Kier alpha value is -1.71. The monoisotopic (exact) mass is 290 g/mol. The van der Waals surface area contributed by atoms with Gasteiger partial charge in [0, 0.05) is 13.1 Å². The van der Waals surface area contributed by atoms with Gasteiger partial charge in [-0.1, -0.05) is 19.9 Å². The molecule has 2 N–H and O–H groups in total. The number of hydrogen-bond donors (Lipinski definition) is 1. The standard InChI is InChI=1S/C17H26N2O2/c1-12(2)13-6-5-10-19(11-9-13)15-8-4-7-14(16(15)18)17(20)21-3/h4,7-8,12-13H,5-6,9-11,18H2,1-3H3.